The van der Waals surface area contributed by atoms with Crippen molar-refractivity contribution in [3.63, 3.8) is 0 Å². The van der Waals surface area contributed by atoms with Crippen LogP contribution >= 0.6 is 0 Å². The molecule has 0 amide bonds. The van der Waals surface area contributed by atoms with Gasteiger partial charge in [-0.05, 0) is 80.7 Å². The second-order valence-electron chi connectivity index (χ2n) is 11.8. The number of aromatic nitrogens is 2. The van der Waals surface area contributed by atoms with E-state index in [1.165, 1.54) is 13.2 Å². The molecule has 0 bridgehead atoms. The molecule has 2 saturated heterocycles. The number of likely N-dealkylation sites (tertiary alicyclic amines) is 1. The van der Waals surface area contributed by atoms with E-state index in [9.17, 15) is 9.18 Å². The summed E-state index contributed by atoms with van der Waals surface area (Å²) >= 11 is 0. The van der Waals surface area contributed by atoms with Gasteiger partial charge in [0.15, 0.2) is 11.5 Å². The minimum atomic E-state index is -1.33. The second kappa shape index (κ2) is 11.2. The number of para-hydroxylation sites is 1. The minimum absolute atomic E-state index is 0.143. The lowest BCUT2D eigenvalue weighted by molar-refractivity contribution is -0.0712. The average Bonchev–Trinajstić information content (AvgIpc) is 3.54. The molecule has 7 rings (SSSR count). The zero-order valence-corrected chi connectivity index (χ0v) is 24.7. The zero-order valence-electron chi connectivity index (χ0n) is 24.7. The van der Waals surface area contributed by atoms with Gasteiger partial charge in [0, 0.05) is 19.1 Å². The van der Waals surface area contributed by atoms with Crippen LogP contribution in [-0.4, -0.2) is 53.3 Å². The van der Waals surface area contributed by atoms with Crippen molar-refractivity contribution in [3.8, 4) is 17.6 Å². The van der Waals surface area contributed by atoms with Crippen LogP contribution in [0.4, 0.5) is 4.39 Å². The number of benzene rings is 3. The van der Waals surface area contributed by atoms with Crippen LogP contribution < -0.4 is 9.47 Å². The first kappa shape index (κ1) is 28.3. The monoisotopic (exact) mass is 596 g/mol. The Morgan fingerprint density at radius 2 is 1.95 bits per heavy atom. The highest BCUT2D eigenvalue weighted by atomic mass is 19.1. The largest absolute Gasteiger partial charge is 0.465 e. The maximum atomic E-state index is 14.9. The maximum absolute atomic E-state index is 14.9. The lowest BCUT2D eigenvalue weighted by Gasteiger charge is -2.33. The van der Waals surface area contributed by atoms with Gasteiger partial charge in [0.05, 0.1) is 60.1 Å². The highest BCUT2D eigenvalue weighted by molar-refractivity contribution is 5.93. The summed E-state index contributed by atoms with van der Waals surface area (Å²) in [6.45, 7) is 5.59. The number of carbonyl (C=O) groups excluding carboxylic acids is 1. The molecule has 1 unspecified atom stereocenters. The Morgan fingerprint density at radius 1 is 1.14 bits per heavy atom. The summed E-state index contributed by atoms with van der Waals surface area (Å²) < 4.78 is 40.4. The number of carbonyl (C=O) groups is 1. The van der Waals surface area contributed by atoms with E-state index >= 15 is 0 Å². The second-order valence-corrected chi connectivity index (χ2v) is 11.8. The van der Waals surface area contributed by atoms with Gasteiger partial charge < -0.3 is 23.5 Å². The number of piperidine rings is 1. The van der Waals surface area contributed by atoms with Crippen LogP contribution in [0.2, 0.25) is 0 Å². The van der Waals surface area contributed by atoms with E-state index in [4.69, 9.17) is 29.2 Å². The smallest absolute Gasteiger partial charge is 0.337 e. The van der Waals surface area contributed by atoms with Gasteiger partial charge in [-0.2, -0.15) is 5.26 Å². The SMILES string of the molecule is COC(=O)c1ccc2nc(CN3CCC(c4cccc5c4OC(C)(c4ccc(C#N)cc4F)O5)CC3)n(C[C@@H]3CCO3)c2c1. The molecule has 10 heteroatoms. The van der Waals surface area contributed by atoms with Crippen LogP contribution in [0.15, 0.2) is 54.6 Å². The molecule has 3 aliphatic rings. The Balaban J connectivity index is 1.08. The van der Waals surface area contributed by atoms with Crippen LogP contribution in [0.1, 0.15) is 65.0 Å². The van der Waals surface area contributed by atoms with E-state index in [2.05, 4.69) is 15.5 Å². The van der Waals surface area contributed by atoms with Crippen LogP contribution in [0.5, 0.6) is 11.5 Å². The van der Waals surface area contributed by atoms with Crippen molar-refractivity contribution in [2.45, 2.75) is 57.1 Å². The first-order valence-corrected chi connectivity index (χ1v) is 15.0. The van der Waals surface area contributed by atoms with Gasteiger partial charge in [0.25, 0.3) is 5.79 Å². The number of fused-ring (bicyclic) bond motifs is 2. The summed E-state index contributed by atoms with van der Waals surface area (Å²) in [5, 5.41) is 9.13. The third-order valence-electron chi connectivity index (χ3n) is 9.02. The number of ether oxygens (including phenoxy) is 4. The number of hydrogen-bond donors (Lipinski definition) is 0. The summed E-state index contributed by atoms with van der Waals surface area (Å²) in [5.41, 5.74) is 3.82. The van der Waals surface area contributed by atoms with Crippen LogP contribution in [0, 0.1) is 17.1 Å². The highest BCUT2D eigenvalue weighted by Crippen LogP contribution is 2.49. The molecule has 9 nitrogen and oxygen atoms in total. The lowest BCUT2D eigenvalue weighted by Crippen LogP contribution is -2.35. The van der Waals surface area contributed by atoms with E-state index in [1.54, 1.807) is 25.1 Å². The summed E-state index contributed by atoms with van der Waals surface area (Å²) in [7, 11) is 1.39. The van der Waals surface area contributed by atoms with E-state index in [1.807, 2.05) is 30.3 Å². The molecule has 4 aromatic rings. The van der Waals surface area contributed by atoms with Crippen molar-refractivity contribution in [2.75, 3.05) is 26.8 Å². The third-order valence-corrected chi connectivity index (χ3v) is 9.02. The minimum Gasteiger partial charge on any atom is -0.465 e. The molecule has 226 valence electrons. The Hall–Kier alpha value is -4.46. The van der Waals surface area contributed by atoms with Gasteiger partial charge >= 0.3 is 5.97 Å². The molecule has 0 saturated carbocycles. The topological polar surface area (TPSA) is 98.8 Å². The van der Waals surface area contributed by atoms with Crippen molar-refractivity contribution >= 4 is 17.0 Å². The standard InChI is InChI=1S/C34H33FN4O5/c1-34(26-8-6-21(18-36)16-27(26)35)43-30-5-3-4-25(32(30)44-34)22-10-13-38(14-11-22)20-31-37-28-9-7-23(33(40)41-2)17-29(28)39(31)19-24-12-15-42-24/h3-9,16-17,22,24H,10-15,19-20H2,1-2H3/t24-,34?/m0/s1. The molecular formula is C34H33FN4O5. The Bertz CT molecular complexity index is 1790. The number of nitriles is 1. The number of halogens is 1. The fourth-order valence-corrected chi connectivity index (χ4v) is 6.51. The van der Waals surface area contributed by atoms with E-state index in [-0.39, 0.29) is 29.1 Å². The Kier molecular flexibility index (Phi) is 7.23. The van der Waals surface area contributed by atoms with Gasteiger partial charge in [-0.15, -0.1) is 0 Å². The molecule has 0 aliphatic carbocycles. The normalized spacial score (nSPS) is 21.6. The van der Waals surface area contributed by atoms with Gasteiger partial charge in [-0.1, -0.05) is 12.1 Å². The van der Waals surface area contributed by atoms with Crippen molar-refractivity contribution in [2.24, 2.45) is 0 Å². The number of methoxy groups -OCH3 is 1. The molecule has 0 N–H and O–H groups in total. The van der Waals surface area contributed by atoms with Crippen LogP contribution in [-0.2, 0) is 28.4 Å². The molecule has 2 fully saturated rings. The van der Waals surface area contributed by atoms with Crippen molar-refractivity contribution in [1.82, 2.24) is 14.5 Å². The van der Waals surface area contributed by atoms with Gasteiger partial charge in [0.1, 0.15) is 11.6 Å². The fraction of sp³-hybridized carbons (Fsp3) is 0.382. The first-order chi connectivity index (χ1) is 21.3. The number of esters is 1. The van der Waals surface area contributed by atoms with Crippen molar-refractivity contribution in [1.29, 1.82) is 5.26 Å². The van der Waals surface area contributed by atoms with Crippen LogP contribution in [0.3, 0.4) is 0 Å². The third kappa shape index (κ3) is 5.06. The fourth-order valence-electron chi connectivity index (χ4n) is 6.51. The van der Waals surface area contributed by atoms with Crippen molar-refractivity contribution < 1.29 is 28.1 Å². The molecule has 2 atom stereocenters. The molecule has 4 heterocycles. The Labute approximate surface area is 254 Å². The lowest BCUT2D eigenvalue weighted by atomic mass is 9.88. The van der Waals surface area contributed by atoms with Crippen LogP contribution in [0.25, 0.3) is 11.0 Å². The predicted molar refractivity (Wildman–Crippen MR) is 159 cm³/mol. The average molecular weight is 597 g/mol. The molecule has 0 radical (unpaired) electrons. The number of nitrogens with zero attached hydrogens (tertiary/aromatic N) is 4. The molecule has 1 aromatic heterocycles. The highest BCUT2D eigenvalue weighted by Gasteiger charge is 2.43. The summed E-state index contributed by atoms with van der Waals surface area (Å²) in [5.74, 6) is 0.221. The van der Waals surface area contributed by atoms with Gasteiger partial charge in [-0.25, -0.2) is 14.2 Å². The number of rotatable bonds is 7. The predicted octanol–water partition coefficient (Wildman–Crippen LogP) is 5.65. The zero-order chi connectivity index (χ0) is 30.4. The Morgan fingerprint density at radius 3 is 2.66 bits per heavy atom. The molecule has 44 heavy (non-hydrogen) atoms. The quantitative estimate of drug-likeness (QED) is 0.253. The maximum Gasteiger partial charge on any atom is 0.337 e. The summed E-state index contributed by atoms with van der Waals surface area (Å²) in [6, 6.07) is 17.7. The number of hydrogen-bond acceptors (Lipinski definition) is 8. The molecule has 0 spiro atoms. The summed E-state index contributed by atoms with van der Waals surface area (Å²) in [4.78, 5) is 19.6. The summed E-state index contributed by atoms with van der Waals surface area (Å²) in [6.07, 6.45) is 2.98. The van der Waals surface area contributed by atoms with E-state index in [0.717, 1.165) is 61.4 Å². The van der Waals surface area contributed by atoms with E-state index < -0.39 is 11.6 Å². The number of imidazole rings is 1. The molecule has 3 aromatic carbocycles. The molecular weight excluding hydrogens is 563 g/mol. The van der Waals surface area contributed by atoms with E-state index in [0.29, 0.717) is 30.2 Å². The van der Waals surface area contributed by atoms with Gasteiger partial charge in [0.2, 0.25) is 0 Å². The molecule has 3 aliphatic heterocycles. The van der Waals surface area contributed by atoms with Crippen molar-refractivity contribution in [3.05, 3.63) is 88.5 Å². The van der Waals surface area contributed by atoms with Gasteiger partial charge in [-0.3, -0.25) is 4.90 Å². The first-order valence-electron chi connectivity index (χ1n) is 15.0.